The SMILES string of the molecule is C#CC1(O)C(CO)[C@@H](CO)O[C@H]1n1cc(F)c(=O)[nH]c1=O. The average Bonchev–Trinajstić information content (AvgIpc) is 2.75. The van der Waals surface area contributed by atoms with Gasteiger partial charge in [-0.2, -0.15) is 4.39 Å². The lowest BCUT2D eigenvalue weighted by Crippen LogP contribution is -2.46. The zero-order valence-corrected chi connectivity index (χ0v) is 10.7. The van der Waals surface area contributed by atoms with E-state index >= 15 is 0 Å². The summed E-state index contributed by atoms with van der Waals surface area (Å²) in [6, 6.07) is 0. The van der Waals surface area contributed by atoms with Crippen LogP contribution in [-0.2, 0) is 4.74 Å². The molecule has 2 heterocycles. The predicted molar refractivity (Wildman–Crippen MR) is 66.6 cm³/mol. The van der Waals surface area contributed by atoms with Gasteiger partial charge in [-0.25, -0.2) is 4.79 Å². The normalized spacial score (nSPS) is 32.0. The molecule has 114 valence electrons. The number of nitrogens with zero attached hydrogens (tertiary/aromatic N) is 1. The molecule has 0 spiro atoms. The lowest BCUT2D eigenvalue weighted by Gasteiger charge is -2.28. The van der Waals surface area contributed by atoms with E-state index in [0.29, 0.717) is 10.8 Å². The number of rotatable bonds is 3. The van der Waals surface area contributed by atoms with Crippen LogP contribution >= 0.6 is 0 Å². The number of terminal acetylenes is 1. The van der Waals surface area contributed by atoms with Crippen LogP contribution in [0.25, 0.3) is 0 Å². The fourth-order valence-corrected chi connectivity index (χ4v) is 2.35. The van der Waals surface area contributed by atoms with E-state index < -0.39 is 54.1 Å². The van der Waals surface area contributed by atoms with Gasteiger partial charge in [0.1, 0.15) is 0 Å². The topological polar surface area (TPSA) is 125 Å². The molecule has 1 aliphatic heterocycles. The minimum atomic E-state index is -2.16. The number of aliphatic hydroxyl groups is 3. The van der Waals surface area contributed by atoms with Gasteiger partial charge in [0.05, 0.1) is 31.4 Å². The molecular formula is C12H13FN2O6. The van der Waals surface area contributed by atoms with E-state index in [0.717, 1.165) is 0 Å². The Morgan fingerprint density at radius 2 is 2.14 bits per heavy atom. The molecule has 2 unspecified atom stereocenters. The van der Waals surface area contributed by atoms with Crippen molar-refractivity contribution in [2.24, 2.45) is 5.92 Å². The third-order valence-electron chi connectivity index (χ3n) is 3.48. The van der Waals surface area contributed by atoms with Crippen molar-refractivity contribution >= 4 is 0 Å². The molecule has 0 saturated carbocycles. The van der Waals surface area contributed by atoms with E-state index in [9.17, 15) is 29.3 Å². The Morgan fingerprint density at radius 1 is 1.48 bits per heavy atom. The summed E-state index contributed by atoms with van der Waals surface area (Å²) in [5, 5.41) is 28.9. The number of H-pyrrole nitrogens is 1. The first-order valence-electron chi connectivity index (χ1n) is 5.97. The highest BCUT2D eigenvalue weighted by Gasteiger charge is 2.55. The fraction of sp³-hybridized carbons (Fsp3) is 0.500. The Labute approximate surface area is 117 Å². The number of ether oxygens (including phenoxy) is 1. The second-order valence-corrected chi connectivity index (χ2v) is 4.61. The van der Waals surface area contributed by atoms with Crippen molar-refractivity contribution in [1.82, 2.24) is 9.55 Å². The van der Waals surface area contributed by atoms with Gasteiger partial charge in [0.25, 0.3) is 5.56 Å². The Morgan fingerprint density at radius 3 is 2.67 bits per heavy atom. The van der Waals surface area contributed by atoms with Crippen molar-refractivity contribution in [2.75, 3.05) is 13.2 Å². The van der Waals surface area contributed by atoms with E-state index in [1.165, 1.54) is 0 Å². The van der Waals surface area contributed by atoms with Crippen molar-refractivity contribution < 1.29 is 24.4 Å². The van der Waals surface area contributed by atoms with Crippen LogP contribution in [0, 0.1) is 24.1 Å². The number of hydrogen-bond acceptors (Lipinski definition) is 6. The number of halogens is 1. The van der Waals surface area contributed by atoms with Gasteiger partial charge in [-0.05, 0) is 0 Å². The molecule has 0 aromatic carbocycles. The Hall–Kier alpha value is -1.99. The molecule has 1 aliphatic rings. The Kier molecular flexibility index (Phi) is 3.97. The first-order valence-corrected chi connectivity index (χ1v) is 5.97. The van der Waals surface area contributed by atoms with Gasteiger partial charge in [-0.3, -0.25) is 14.3 Å². The number of aromatic amines is 1. The summed E-state index contributed by atoms with van der Waals surface area (Å²) in [4.78, 5) is 24.4. The highest BCUT2D eigenvalue weighted by molar-refractivity contribution is 5.18. The van der Waals surface area contributed by atoms with Gasteiger partial charge in [0, 0.05) is 0 Å². The maximum Gasteiger partial charge on any atom is 0.330 e. The van der Waals surface area contributed by atoms with Crippen LogP contribution in [0.2, 0.25) is 0 Å². The quantitative estimate of drug-likeness (QED) is 0.459. The standard InChI is InChI=1S/C12H13FN2O6/c1-2-12(20)6(4-16)8(5-17)21-10(12)15-3-7(13)9(18)14-11(15)19/h1,3,6,8,10,16-17,20H,4-5H2,(H,14,18,19)/t6?,8-,10-,12?/m1/s1. The highest BCUT2D eigenvalue weighted by atomic mass is 19.1. The van der Waals surface area contributed by atoms with E-state index in [-0.39, 0.29) is 0 Å². The largest absolute Gasteiger partial charge is 0.396 e. The molecule has 4 atom stereocenters. The molecular weight excluding hydrogens is 287 g/mol. The van der Waals surface area contributed by atoms with Crippen LogP contribution in [0.5, 0.6) is 0 Å². The molecule has 0 radical (unpaired) electrons. The monoisotopic (exact) mass is 300 g/mol. The van der Waals surface area contributed by atoms with E-state index in [1.807, 2.05) is 5.92 Å². The molecule has 0 amide bonds. The summed E-state index contributed by atoms with van der Waals surface area (Å²) in [5.74, 6) is -0.356. The Bertz CT molecular complexity index is 692. The number of aliphatic hydroxyl groups excluding tert-OH is 2. The first-order chi connectivity index (χ1) is 9.88. The second kappa shape index (κ2) is 5.42. The van der Waals surface area contributed by atoms with Gasteiger partial charge in [0.15, 0.2) is 11.8 Å². The van der Waals surface area contributed by atoms with Crippen molar-refractivity contribution in [1.29, 1.82) is 0 Å². The third kappa shape index (κ3) is 2.28. The Balaban J connectivity index is 2.58. The number of hydrogen-bond donors (Lipinski definition) is 4. The van der Waals surface area contributed by atoms with Gasteiger partial charge >= 0.3 is 5.69 Å². The molecule has 1 aromatic rings. The van der Waals surface area contributed by atoms with Crippen LogP contribution in [0.1, 0.15) is 6.23 Å². The summed E-state index contributed by atoms with van der Waals surface area (Å²) in [7, 11) is 0. The summed E-state index contributed by atoms with van der Waals surface area (Å²) >= 11 is 0. The third-order valence-corrected chi connectivity index (χ3v) is 3.48. The summed E-state index contributed by atoms with van der Waals surface area (Å²) in [6.45, 7) is -1.20. The lowest BCUT2D eigenvalue weighted by atomic mass is 9.86. The summed E-state index contributed by atoms with van der Waals surface area (Å²) in [6.07, 6.45) is 3.17. The molecule has 1 fully saturated rings. The van der Waals surface area contributed by atoms with Crippen LogP contribution in [0.15, 0.2) is 15.8 Å². The van der Waals surface area contributed by atoms with Crippen LogP contribution < -0.4 is 11.2 Å². The van der Waals surface area contributed by atoms with Crippen molar-refractivity contribution in [3.05, 3.63) is 32.9 Å². The zero-order valence-electron chi connectivity index (χ0n) is 10.7. The minimum absolute atomic E-state index is 0.544. The van der Waals surface area contributed by atoms with Gasteiger partial charge in [0.2, 0.25) is 5.82 Å². The van der Waals surface area contributed by atoms with Crippen molar-refractivity contribution in [2.45, 2.75) is 17.9 Å². The molecule has 0 bridgehead atoms. The second-order valence-electron chi connectivity index (χ2n) is 4.61. The van der Waals surface area contributed by atoms with Crippen LogP contribution in [0.4, 0.5) is 4.39 Å². The van der Waals surface area contributed by atoms with Crippen molar-refractivity contribution in [3.8, 4) is 12.3 Å². The van der Waals surface area contributed by atoms with Gasteiger partial charge in [-0.1, -0.05) is 5.92 Å². The smallest absolute Gasteiger partial charge is 0.330 e. The summed E-state index contributed by atoms with van der Waals surface area (Å²) in [5.41, 5.74) is -4.43. The molecule has 1 aromatic heterocycles. The average molecular weight is 300 g/mol. The van der Waals surface area contributed by atoms with Gasteiger partial charge in [-0.15, -0.1) is 6.42 Å². The molecule has 21 heavy (non-hydrogen) atoms. The molecule has 9 heteroatoms. The van der Waals surface area contributed by atoms with E-state index in [1.54, 1.807) is 4.98 Å². The van der Waals surface area contributed by atoms with Crippen LogP contribution in [-0.4, -0.2) is 49.8 Å². The minimum Gasteiger partial charge on any atom is -0.396 e. The van der Waals surface area contributed by atoms with Gasteiger partial charge < -0.3 is 20.1 Å². The van der Waals surface area contributed by atoms with Crippen molar-refractivity contribution in [3.63, 3.8) is 0 Å². The maximum absolute atomic E-state index is 13.3. The summed E-state index contributed by atoms with van der Waals surface area (Å²) < 4.78 is 19.2. The highest BCUT2D eigenvalue weighted by Crippen LogP contribution is 2.41. The first kappa shape index (κ1) is 15.4. The van der Waals surface area contributed by atoms with Crippen LogP contribution in [0.3, 0.4) is 0 Å². The molecule has 0 aliphatic carbocycles. The maximum atomic E-state index is 13.3. The molecule has 8 nitrogen and oxygen atoms in total. The predicted octanol–water partition coefficient (Wildman–Crippen LogP) is -2.46. The molecule has 1 saturated heterocycles. The van der Waals surface area contributed by atoms with E-state index in [2.05, 4.69) is 0 Å². The number of nitrogens with one attached hydrogen (secondary N) is 1. The fourth-order valence-electron chi connectivity index (χ4n) is 2.35. The molecule has 4 N–H and O–H groups in total. The zero-order chi connectivity index (χ0) is 15.8. The van der Waals surface area contributed by atoms with E-state index in [4.69, 9.17) is 11.2 Å². The molecule has 2 rings (SSSR count). The number of aromatic nitrogens is 2. The lowest BCUT2D eigenvalue weighted by molar-refractivity contribution is -0.0755.